The fraction of sp³-hybridized carbons (Fsp3) is 0.294. The average Bonchev–Trinajstić information content (AvgIpc) is 2.90. The summed E-state index contributed by atoms with van der Waals surface area (Å²) >= 11 is 4.91. The molecule has 0 aliphatic heterocycles. The van der Waals surface area contributed by atoms with Gasteiger partial charge < -0.3 is 4.74 Å². The van der Waals surface area contributed by atoms with Crippen molar-refractivity contribution in [3.8, 4) is 5.75 Å². The lowest BCUT2D eigenvalue weighted by Crippen LogP contribution is -2.24. The number of carbonyl (C=O) groups excluding carboxylic acids is 1. The summed E-state index contributed by atoms with van der Waals surface area (Å²) in [4.78, 5) is 12.6. The number of benzene rings is 1. The minimum atomic E-state index is -0.295. The van der Waals surface area contributed by atoms with Gasteiger partial charge in [-0.3, -0.25) is 4.79 Å². The second kappa shape index (κ2) is 7.75. The number of nitrogens with zero attached hydrogens (tertiary/aromatic N) is 1. The molecule has 1 heterocycles. The molecule has 1 aromatic heterocycles. The number of amides is 1. The third kappa shape index (κ3) is 5.80. The number of thiophene rings is 1. The summed E-state index contributed by atoms with van der Waals surface area (Å²) in [7, 11) is 0. The normalized spacial score (nSPS) is 11.7. The van der Waals surface area contributed by atoms with E-state index in [2.05, 4.69) is 47.2 Å². The van der Waals surface area contributed by atoms with Gasteiger partial charge in [-0.05, 0) is 51.2 Å². The summed E-state index contributed by atoms with van der Waals surface area (Å²) in [6, 6.07) is 11.6. The molecule has 122 valence electrons. The smallest absolute Gasteiger partial charge is 0.277 e. The highest BCUT2D eigenvalue weighted by molar-refractivity contribution is 9.11. The zero-order chi connectivity index (χ0) is 16.9. The molecule has 1 aromatic carbocycles. The van der Waals surface area contributed by atoms with Crippen LogP contribution in [-0.2, 0) is 10.2 Å². The number of hydrazone groups is 1. The van der Waals surface area contributed by atoms with Crippen LogP contribution in [0.1, 0.15) is 31.2 Å². The summed E-state index contributed by atoms with van der Waals surface area (Å²) in [5, 5.41) is 3.90. The average molecular weight is 395 g/mol. The van der Waals surface area contributed by atoms with Crippen LogP contribution in [0.5, 0.6) is 5.75 Å². The highest BCUT2D eigenvalue weighted by atomic mass is 79.9. The number of carbonyl (C=O) groups is 1. The number of halogens is 1. The molecule has 2 rings (SSSR count). The molecule has 1 N–H and O–H groups in total. The molecule has 0 fully saturated rings. The Labute approximate surface area is 148 Å². The van der Waals surface area contributed by atoms with Crippen LogP contribution < -0.4 is 10.2 Å². The molecule has 6 heteroatoms. The standard InChI is InChI=1S/C17H19BrN2O2S/c1-17(2,3)12-4-6-13(7-5-12)22-11-16(21)20-19-10-14-8-9-15(18)23-14/h4-10H,11H2,1-3H3,(H,20,21). The Morgan fingerprint density at radius 1 is 1.26 bits per heavy atom. The Kier molecular flexibility index (Phi) is 5.96. The van der Waals surface area contributed by atoms with Crippen molar-refractivity contribution in [2.24, 2.45) is 5.10 Å². The van der Waals surface area contributed by atoms with E-state index < -0.39 is 0 Å². The first-order chi connectivity index (χ1) is 10.8. The third-order valence-electron chi connectivity index (χ3n) is 3.07. The Balaban J connectivity index is 1.79. The molecule has 0 saturated carbocycles. The summed E-state index contributed by atoms with van der Waals surface area (Å²) in [6.07, 6.45) is 1.60. The summed E-state index contributed by atoms with van der Waals surface area (Å²) in [5.74, 6) is 0.371. The Hall–Kier alpha value is -1.66. The number of hydrogen-bond acceptors (Lipinski definition) is 4. The first-order valence-corrected chi connectivity index (χ1v) is 8.76. The molecule has 0 spiro atoms. The minimum Gasteiger partial charge on any atom is -0.484 e. The van der Waals surface area contributed by atoms with Gasteiger partial charge in [0.15, 0.2) is 6.61 Å². The summed E-state index contributed by atoms with van der Waals surface area (Å²) in [5.41, 5.74) is 3.76. The van der Waals surface area contributed by atoms with Crippen molar-refractivity contribution in [3.63, 3.8) is 0 Å². The van der Waals surface area contributed by atoms with Crippen LogP contribution in [-0.4, -0.2) is 18.7 Å². The van der Waals surface area contributed by atoms with Gasteiger partial charge in [0, 0.05) is 4.88 Å². The van der Waals surface area contributed by atoms with Crippen LogP contribution in [0.4, 0.5) is 0 Å². The van der Waals surface area contributed by atoms with Gasteiger partial charge in [-0.2, -0.15) is 5.10 Å². The predicted molar refractivity (Wildman–Crippen MR) is 98.4 cm³/mol. The van der Waals surface area contributed by atoms with Gasteiger partial charge in [0.1, 0.15) is 5.75 Å². The fourth-order valence-electron chi connectivity index (χ4n) is 1.80. The van der Waals surface area contributed by atoms with Gasteiger partial charge in [0.2, 0.25) is 0 Å². The molecule has 0 bridgehead atoms. The van der Waals surface area contributed by atoms with Crippen molar-refractivity contribution in [2.45, 2.75) is 26.2 Å². The number of nitrogens with one attached hydrogen (secondary N) is 1. The molecular formula is C17H19BrN2O2S. The SMILES string of the molecule is CC(C)(C)c1ccc(OCC(=O)NN=Cc2ccc(Br)s2)cc1. The molecule has 0 aliphatic carbocycles. The number of ether oxygens (including phenoxy) is 1. The van der Waals surface area contributed by atoms with Crippen molar-refractivity contribution in [1.29, 1.82) is 0 Å². The Morgan fingerprint density at radius 2 is 1.96 bits per heavy atom. The molecule has 4 nitrogen and oxygen atoms in total. The predicted octanol–water partition coefficient (Wildman–Crippen LogP) is 4.34. The largest absolute Gasteiger partial charge is 0.484 e. The van der Waals surface area contributed by atoms with Crippen molar-refractivity contribution in [1.82, 2.24) is 5.43 Å². The lowest BCUT2D eigenvalue weighted by molar-refractivity contribution is -0.123. The fourth-order valence-corrected chi connectivity index (χ4v) is 3.09. The minimum absolute atomic E-state index is 0.0691. The van der Waals surface area contributed by atoms with Gasteiger partial charge in [-0.25, -0.2) is 5.43 Å². The Morgan fingerprint density at radius 3 is 2.52 bits per heavy atom. The van der Waals surface area contributed by atoms with Crippen LogP contribution in [0.3, 0.4) is 0 Å². The Bertz CT molecular complexity index is 687. The maximum atomic E-state index is 11.7. The molecule has 23 heavy (non-hydrogen) atoms. The van der Waals surface area contributed by atoms with E-state index in [1.807, 2.05) is 36.4 Å². The van der Waals surface area contributed by atoms with Gasteiger partial charge in [0.05, 0.1) is 10.0 Å². The van der Waals surface area contributed by atoms with Crippen LogP contribution in [0, 0.1) is 0 Å². The van der Waals surface area contributed by atoms with Crippen LogP contribution in [0.2, 0.25) is 0 Å². The second-order valence-corrected chi connectivity index (χ2v) is 8.49. The summed E-state index contributed by atoms with van der Waals surface area (Å²) < 4.78 is 6.47. The second-order valence-electron chi connectivity index (χ2n) is 6.00. The van der Waals surface area contributed by atoms with Crippen molar-refractivity contribution in [3.05, 3.63) is 50.6 Å². The van der Waals surface area contributed by atoms with E-state index in [0.29, 0.717) is 5.75 Å². The summed E-state index contributed by atoms with van der Waals surface area (Å²) in [6.45, 7) is 6.39. The lowest BCUT2D eigenvalue weighted by atomic mass is 9.87. The monoisotopic (exact) mass is 394 g/mol. The van der Waals surface area contributed by atoms with Crippen LogP contribution in [0.15, 0.2) is 45.3 Å². The van der Waals surface area contributed by atoms with Gasteiger partial charge in [-0.1, -0.05) is 32.9 Å². The van der Waals surface area contributed by atoms with E-state index >= 15 is 0 Å². The van der Waals surface area contributed by atoms with Gasteiger partial charge in [-0.15, -0.1) is 11.3 Å². The quantitative estimate of drug-likeness (QED) is 0.605. The van der Waals surface area contributed by atoms with E-state index in [1.54, 1.807) is 6.21 Å². The molecule has 2 aromatic rings. The van der Waals surface area contributed by atoms with E-state index in [1.165, 1.54) is 16.9 Å². The van der Waals surface area contributed by atoms with E-state index in [9.17, 15) is 4.79 Å². The maximum absolute atomic E-state index is 11.7. The van der Waals surface area contributed by atoms with E-state index in [4.69, 9.17) is 4.74 Å². The van der Waals surface area contributed by atoms with Crippen molar-refractivity contribution in [2.75, 3.05) is 6.61 Å². The molecule has 0 saturated heterocycles. The van der Waals surface area contributed by atoms with Gasteiger partial charge in [0.25, 0.3) is 5.91 Å². The van der Waals surface area contributed by atoms with E-state index in [0.717, 1.165) is 8.66 Å². The van der Waals surface area contributed by atoms with Crippen molar-refractivity contribution >= 4 is 39.4 Å². The highest BCUT2D eigenvalue weighted by Crippen LogP contribution is 2.24. The maximum Gasteiger partial charge on any atom is 0.277 e. The number of hydrogen-bond donors (Lipinski definition) is 1. The van der Waals surface area contributed by atoms with Crippen LogP contribution >= 0.6 is 27.3 Å². The molecule has 1 amide bonds. The first-order valence-electron chi connectivity index (χ1n) is 7.15. The first kappa shape index (κ1) is 17.7. The molecular weight excluding hydrogens is 376 g/mol. The highest BCUT2D eigenvalue weighted by Gasteiger charge is 2.13. The topological polar surface area (TPSA) is 50.7 Å². The lowest BCUT2D eigenvalue weighted by Gasteiger charge is -2.19. The third-order valence-corrected chi connectivity index (χ3v) is 4.62. The molecule has 0 atom stereocenters. The van der Waals surface area contributed by atoms with E-state index in [-0.39, 0.29) is 17.9 Å². The molecule has 0 aliphatic rings. The van der Waals surface area contributed by atoms with Gasteiger partial charge >= 0.3 is 0 Å². The molecule has 0 radical (unpaired) electrons. The zero-order valence-electron chi connectivity index (χ0n) is 13.3. The van der Waals surface area contributed by atoms with Crippen molar-refractivity contribution < 1.29 is 9.53 Å². The zero-order valence-corrected chi connectivity index (χ0v) is 15.7. The number of rotatable bonds is 5. The molecule has 0 unspecified atom stereocenters. The van der Waals surface area contributed by atoms with Crippen LogP contribution in [0.25, 0.3) is 0 Å².